The summed E-state index contributed by atoms with van der Waals surface area (Å²) < 4.78 is 38.1. The summed E-state index contributed by atoms with van der Waals surface area (Å²) in [5, 5.41) is 0. The Hall–Kier alpha value is -1.19. The molecule has 1 aromatic carbocycles. The molecule has 1 aliphatic heterocycles. The first-order chi connectivity index (χ1) is 8.86. The molecule has 0 N–H and O–H groups in total. The van der Waals surface area contributed by atoms with Crippen LogP contribution in [0.25, 0.3) is 0 Å². The lowest BCUT2D eigenvalue weighted by Crippen LogP contribution is -2.20. The SMILES string of the molecule is CC(C)CC1CCN(c2cccc(C(F)(F)F)c2)C1. The van der Waals surface area contributed by atoms with E-state index in [0.29, 0.717) is 17.5 Å². The Labute approximate surface area is 112 Å². The number of benzene rings is 1. The first-order valence-electron chi connectivity index (χ1n) is 6.78. The van der Waals surface area contributed by atoms with Gasteiger partial charge in [-0.15, -0.1) is 0 Å². The topological polar surface area (TPSA) is 3.24 Å². The van der Waals surface area contributed by atoms with Gasteiger partial charge in [-0.1, -0.05) is 19.9 Å². The van der Waals surface area contributed by atoms with E-state index in [1.165, 1.54) is 12.1 Å². The largest absolute Gasteiger partial charge is 0.416 e. The molecule has 0 amide bonds. The number of hydrogen-bond donors (Lipinski definition) is 0. The summed E-state index contributed by atoms with van der Waals surface area (Å²) in [6.07, 6.45) is -2.03. The van der Waals surface area contributed by atoms with E-state index in [1.54, 1.807) is 6.07 Å². The highest BCUT2D eigenvalue weighted by Gasteiger charge is 2.31. The summed E-state index contributed by atoms with van der Waals surface area (Å²) in [7, 11) is 0. The van der Waals surface area contributed by atoms with E-state index in [1.807, 2.05) is 0 Å². The predicted molar refractivity (Wildman–Crippen MR) is 71.2 cm³/mol. The molecule has 0 spiro atoms. The van der Waals surface area contributed by atoms with Crippen LogP contribution in [0, 0.1) is 11.8 Å². The number of nitrogens with zero attached hydrogens (tertiary/aromatic N) is 1. The van der Waals surface area contributed by atoms with E-state index >= 15 is 0 Å². The molecule has 1 fully saturated rings. The first-order valence-corrected chi connectivity index (χ1v) is 6.78. The van der Waals surface area contributed by atoms with Gasteiger partial charge in [0.25, 0.3) is 0 Å². The Bertz CT molecular complexity index is 426. The van der Waals surface area contributed by atoms with Crippen LogP contribution in [0.3, 0.4) is 0 Å². The molecule has 19 heavy (non-hydrogen) atoms. The molecule has 2 rings (SSSR count). The quantitative estimate of drug-likeness (QED) is 0.778. The Morgan fingerprint density at radius 3 is 2.68 bits per heavy atom. The smallest absolute Gasteiger partial charge is 0.371 e. The van der Waals surface area contributed by atoms with Crippen molar-refractivity contribution < 1.29 is 13.2 Å². The molecule has 1 heterocycles. The normalized spacial score (nSPS) is 20.3. The third-order valence-corrected chi connectivity index (χ3v) is 3.63. The minimum atomic E-state index is -4.26. The minimum Gasteiger partial charge on any atom is -0.371 e. The summed E-state index contributed by atoms with van der Waals surface area (Å²) in [4.78, 5) is 2.07. The summed E-state index contributed by atoms with van der Waals surface area (Å²) in [6.45, 7) is 6.11. The molecule has 1 saturated heterocycles. The lowest BCUT2D eigenvalue weighted by molar-refractivity contribution is -0.137. The van der Waals surface area contributed by atoms with Crippen LogP contribution >= 0.6 is 0 Å². The highest BCUT2D eigenvalue weighted by molar-refractivity contribution is 5.50. The molecule has 1 aliphatic rings. The molecule has 1 atom stereocenters. The number of alkyl halides is 3. The lowest BCUT2D eigenvalue weighted by atomic mass is 9.97. The van der Waals surface area contributed by atoms with Crippen LogP contribution in [-0.4, -0.2) is 13.1 Å². The Balaban J connectivity index is 2.07. The average Bonchev–Trinajstić information content (AvgIpc) is 2.76. The molecule has 1 aromatic rings. The highest BCUT2D eigenvalue weighted by atomic mass is 19.4. The second-order valence-electron chi connectivity index (χ2n) is 5.78. The molecular formula is C15H20F3N. The maximum absolute atomic E-state index is 12.7. The maximum atomic E-state index is 12.7. The van der Waals surface area contributed by atoms with E-state index in [-0.39, 0.29) is 0 Å². The highest BCUT2D eigenvalue weighted by Crippen LogP contribution is 2.33. The first kappa shape index (κ1) is 14.2. The van der Waals surface area contributed by atoms with Crippen LogP contribution in [0.4, 0.5) is 18.9 Å². The van der Waals surface area contributed by atoms with Gasteiger partial charge in [0.15, 0.2) is 0 Å². The van der Waals surface area contributed by atoms with Crippen molar-refractivity contribution in [3.8, 4) is 0 Å². The molecule has 1 nitrogen and oxygen atoms in total. The molecule has 0 bridgehead atoms. The second kappa shape index (κ2) is 5.43. The van der Waals surface area contributed by atoms with Gasteiger partial charge in [0, 0.05) is 18.8 Å². The average molecular weight is 271 g/mol. The van der Waals surface area contributed by atoms with Gasteiger partial charge < -0.3 is 4.90 Å². The fourth-order valence-electron chi connectivity index (χ4n) is 2.81. The molecule has 106 valence electrons. The van der Waals surface area contributed by atoms with Gasteiger partial charge in [0.05, 0.1) is 5.56 Å². The van der Waals surface area contributed by atoms with E-state index in [4.69, 9.17) is 0 Å². The van der Waals surface area contributed by atoms with Crippen LogP contribution in [0.5, 0.6) is 0 Å². The van der Waals surface area contributed by atoms with Crippen molar-refractivity contribution in [2.75, 3.05) is 18.0 Å². The van der Waals surface area contributed by atoms with Crippen LogP contribution in [0.2, 0.25) is 0 Å². The number of hydrogen-bond acceptors (Lipinski definition) is 1. The van der Waals surface area contributed by atoms with Crippen molar-refractivity contribution in [1.82, 2.24) is 0 Å². The van der Waals surface area contributed by atoms with Gasteiger partial charge in [-0.2, -0.15) is 13.2 Å². The third kappa shape index (κ3) is 3.64. The molecule has 0 radical (unpaired) electrons. The van der Waals surface area contributed by atoms with Crippen LogP contribution in [0.1, 0.15) is 32.3 Å². The Morgan fingerprint density at radius 1 is 1.32 bits per heavy atom. The van der Waals surface area contributed by atoms with Crippen molar-refractivity contribution in [3.63, 3.8) is 0 Å². The minimum absolute atomic E-state index is 0.558. The number of halogens is 3. The van der Waals surface area contributed by atoms with Gasteiger partial charge in [-0.05, 0) is 42.9 Å². The van der Waals surface area contributed by atoms with Crippen molar-refractivity contribution in [1.29, 1.82) is 0 Å². The van der Waals surface area contributed by atoms with Gasteiger partial charge in [-0.25, -0.2) is 0 Å². The van der Waals surface area contributed by atoms with Crippen molar-refractivity contribution in [2.45, 2.75) is 32.9 Å². The lowest BCUT2D eigenvalue weighted by Gasteiger charge is -2.20. The van der Waals surface area contributed by atoms with Crippen LogP contribution in [-0.2, 0) is 6.18 Å². The standard InChI is InChI=1S/C15H20F3N/c1-11(2)8-12-6-7-19(10-12)14-5-3-4-13(9-14)15(16,17)18/h3-5,9,11-12H,6-8,10H2,1-2H3. The van der Waals surface area contributed by atoms with E-state index in [2.05, 4.69) is 18.7 Å². The maximum Gasteiger partial charge on any atom is 0.416 e. The van der Waals surface area contributed by atoms with Gasteiger partial charge in [-0.3, -0.25) is 0 Å². The summed E-state index contributed by atoms with van der Waals surface area (Å²) in [6, 6.07) is 5.66. The Kier molecular flexibility index (Phi) is 4.07. The van der Waals surface area contributed by atoms with Crippen molar-refractivity contribution >= 4 is 5.69 Å². The number of anilines is 1. The second-order valence-corrected chi connectivity index (χ2v) is 5.78. The molecule has 0 saturated carbocycles. The van der Waals surface area contributed by atoms with Crippen LogP contribution < -0.4 is 4.90 Å². The zero-order chi connectivity index (χ0) is 14.0. The molecular weight excluding hydrogens is 251 g/mol. The summed E-state index contributed by atoms with van der Waals surface area (Å²) in [5.74, 6) is 1.25. The Morgan fingerprint density at radius 2 is 2.05 bits per heavy atom. The fraction of sp³-hybridized carbons (Fsp3) is 0.600. The van der Waals surface area contributed by atoms with Crippen molar-refractivity contribution in [3.05, 3.63) is 29.8 Å². The molecule has 4 heteroatoms. The van der Waals surface area contributed by atoms with E-state index in [0.717, 1.165) is 32.0 Å². The predicted octanol–water partition coefficient (Wildman–Crippen LogP) is 4.58. The van der Waals surface area contributed by atoms with Gasteiger partial charge in [0.1, 0.15) is 0 Å². The zero-order valence-electron chi connectivity index (χ0n) is 11.4. The van der Waals surface area contributed by atoms with Gasteiger partial charge >= 0.3 is 6.18 Å². The van der Waals surface area contributed by atoms with Crippen molar-refractivity contribution in [2.24, 2.45) is 11.8 Å². The molecule has 0 aromatic heterocycles. The zero-order valence-corrected chi connectivity index (χ0v) is 11.4. The van der Waals surface area contributed by atoms with Gasteiger partial charge in [0.2, 0.25) is 0 Å². The molecule has 1 unspecified atom stereocenters. The molecule has 0 aliphatic carbocycles. The summed E-state index contributed by atoms with van der Waals surface area (Å²) in [5.41, 5.74) is 0.137. The fourth-order valence-corrected chi connectivity index (χ4v) is 2.81. The number of rotatable bonds is 3. The monoisotopic (exact) mass is 271 g/mol. The summed E-state index contributed by atoms with van der Waals surface area (Å²) >= 11 is 0. The van der Waals surface area contributed by atoms with Crippen LogP contribution in [0.15, 0.2) is 24.3 Å². The van der Waals surface area contributed by atoms with E-state index < -0.39 is 11.7 Å². The van der Waals surface area contributed by atoms with E-state index in [9.17, 15) is 13.2 Å². The third-order valence-electron chi connectivity index (χ3n) is 3.63.